The number of amides is 3. The second-order valence-corrected chi connectivity index (χ2v) is 9.40. The fourth-order valence-electron chi connectivity index (χ4n) is 4.55. The highest BCUT2D eigenvalue weighted by Crippen LogP contribution is 2.22. The van der Waals surface area contributed by atoms with Gasteiger partial charge in [0, 0.05) is 55.1 Å². The van der Waals surface area contributed by atoms with Gasteiger partial charge in [0.15, 0.2) is 0 Å². The van der Waals surface area contributed by atoms with Crippen LogP contribution in [0.15, 0.2) is 79.0 Å². The number of H-pyrrole nitrogens is 1. The number of nitrogens with one attached hydrogen (secondary N) is 2. The van der Waals surface area contributed by atoms with E-state index < -0.39 is 0 Å². The number of hydrogen-bond acceptors (Lipinski definition) is 4. The number of nitrogens with zero attached hydrogens (tertiary/aromatic N) is 2. The van der Waals surface area contributed by atoms with Gasteiger partial charge in [0.25, 0.3) is 0 Å². The number of aryl methyl sites for hydroxylation is 1. The van der Waals surface area contributed by atoms with E-state index in [9.17, 15) is 9.59 Å². The van der Waals surface area contributed by atoms with Crippen molar-refractivity contribution < 1.29 is 19.1 Å². The third-order valence-electron chi connectivity index (χ3n) is 6.80. The summed E-state index contributed by atoms with van der Waals surface area (Å²) >= 11 is 0. The van der Waals surface area contributed by atoms with Gasteiger partial charge in [-0.2, -0.15) is 0 Å². The molecule has 8 heteroatoms. The van der Waals surface area contributed by atoms with E-state index in [1.807, 2.05) is 79.9 Å². The first-order valence-corrected chi connectivity index (χ1v) is 13.0. The molecule has 4 rings (SSSR count). The number of carbonyl (C=O) groups excluding carboxylic acids is 2. The fourth-order valence-corrected chi connectivity index (χ4v) is 4.55. The summed E-state index contributed by atoms with van der Waals surface area (Å²) in [6.07, 6.45) is 2.66. The largest absolute Gasteiger partial charge is 0.496 e. The molecule has 3 aromatic carbocycles. The Morgan fingerprint density at radius 1 is 0.872 bits per heavy atom. The predicted octanol–water partition coefficient (Wildman–Crippen LogP) is 5.24. The lowest BCUT2D eigenvalue weighted by Gasteiger charge is -2.28. The van der Waals surface area contributed by atoms with E-state index in [1.54, 1.807) is 19.1 Å². The highest BCUT2D eigenvalue weighted by Gasteiger charge is 2.23. The zero-order chi connectivity index (χ0) is 27.6. The average molecular weight is 529 g/mol. The fraction of sp³-hybridized carbons (Fsp3) is 0.290. The zero-order valence-corrected chi connectivity index (χ0v) is 22.8. The molecule has 0 aliphatic rings. The van der Waals surface area contributed by atoms with Gasteiger partial charge in [-0.1, -0.05) is 54.6 Å². The summed E-state index contributed by atoms with van der Waals surface area (Å²) in [5, 5.41) is 4.08. The van der Waals surface area contributed by atoms with E-state index in [-0.39, 0.29) is 25.0 Å². The number of fused-ring (bicyclic) bond motifs is 1. The van der Waals surface area contributed by atoms with Crippen LogP contribution in [-0.2, 0) is 22.5 Å². The lowest BCUT2D eigenvalue weighted by Crippen LogP contribution is -2.46. The smallest absolute Gasteiger partial charge is 0.322 e. The monoisotopic (exact) mass is 528 g/mol. The Balaban J connectivity index is 1.54. The molecule has 39 heavy (non-hydrogen) atoms. The van der Waals surface area contributed by atoms with Gasteiger partial charge in [-0.15, -0.1) is 0 Å². The lowest BCUT2D eigenvalue weighted by molar-refractivity contribution is -0.132. The molecule has 0 saturated carbocycles. The molecule has 0 spiro atoms. The predicted molar refractivity (Wildman–Crippen MR) is 154 cm³/mol. The van der Waals surface area contributed by atoms with Gasteiger partial charge in [-0.25, -0.2) is 4.79 Å². The minimum atomic E-state index is -0.344. The van der Waals surface area contributed by atoms with Crippen molar-refractivity contribution in [2.45, 2.75) is 19.9 Å². The normalized spacial score (nSPS) is 10.8. The van der Waals surface area contributed by atoms with E-state index in [2.05, 4.69) is 16.4 Å². The molecular weight excluding hydrogens is 492 g/mol. The van der Waals surface area contributed by atoms with E-state index >= 15 is 0 Å². The van der Waals surface area contributed by atoms with E-state index in [0.29, 0.717) is 31.8 Å². The maximum Gasteiger partial charge on any atom is 0.322 e. The first-order valence-electron chi connectivity index (χ1n) is 13.0. The topological polar surface area (TPSA) is 86.9 Å². The highest BCUT2D eigenvalue weighted by molar-refractivity contribution is 5.93. The number of rotatable bonds is 12. The number of benzene rings is 3. The van der Waals surface area contributed by atoms with Crippen LogP contribution in [0.5, 0.6) is 5.75 Å². The van der Waals surface area contributed by atoms with Crippen LogP contribution in [0.3, 0.4) is 0 Å². The van der Waals surface area contributed by atoms with Crippen LogP contribution in [0.25, 0.3) is 10.9 Å². The van der Waals surface area contributed by atoms with Crippen molar-refractivity contribution in [1.29, 1.82) is 0 Å². The summed E-state index contributed by atoms with van der Waals surface area (Å²) in [6.45, 7) is 3.30. The number of ether oxygens (including phenoxy) is 2. The van der Waals surface area contributed by atoms with Gasteiger partial charge in [0.2, 0.25) is 5.91 Å². The number of para-hydroxylation sites is 3. The molecule has 0 radical (unpaired) electrons. The molecule has 0 unspecified atom stereocenters. The Bertz CT molecular complexity index is 1400. The summed E-state index contributed by atoms with van der Waals surface area (Å²) in [5.41, 5.74) is 4.76. The number of urea groups is 1. The lowest BCUT2D eigenvalue weighted by atomic mass is 10.1. The minimum Gasteiger partial charge on any atom is -0.496 e. The first kappa shape index (κ1) is 27.7. The number of anilines is 1. The third kappa shape index (κ3) is 7.18. The van der Waals surface area contributed by atoms with Crippen molar-refractivity contribution in [2.75, 3.05) is 45.8 Å². The molecule has 2 N–H and O–H groups in total. The van der Waals surface area contributed by atoms with Crippen molar-refractivity contribution in [1.82, 2.24) is 14.8 Å². The van der Waals surface area contributed by atoms with Crippen molar-refractivity contribution in [3.05, 3.63) is 95.7 Å². The van der Waals surface area contributed by atoms with Crippen molar-refractivity contribution in [2.24, 2.45) is 0 Å². The van der Waals surface area contributed by atoms with Crippen LogP contribution in [0.2, 0.25) is 0 Å². The SMILES string of the molecule is COCCN(CC(=O)N(CCc1c[nH]c2ccccc12)Cc1ccccc1OC)C(=O)Nc1ccccc1C. The Hall–Kier alpha value is -4.30. The van der Waals surface area contributed by atoms with Gasteiger partial charge in [0.05, 0.1) is 13.7 Å². The van der Waals surface area contributed by atoms with Gasteiger partial charge < -0.3 is 29.6 Å². The second-order valence-electron chi connectivity index (χ2n) is 9.40. The number of carbonyl (C=O) groups is 2. The van der Waals surface area contributed by atoms with Crippen LogP contribution in [0.4, 0.5) is 10.5 Å². The number of aromatic amines is 1. The standard InChI is InChI=1S/C31H36N4O4/c1-23-10-4-7-13-27(23)33-31(37)35(18-19-38-2)22-30(36)34(21-25-11-5-9-15-29(25)39-3)17-16-24-20-32-28-14-8-6-12-26(24)28/h4-15,20,32H,16-19,21-22H2,1-3H3,(H,33,37). The molecule has 1 aromatic heterocycles. The summed E-state index contributed by atoms with van der Waals surface area (Å²) in [7, 11) is 3.20. The second kappa shape index (κ2) is 13.5. The van der Waals surface area contributed by atoms with Gasteiger partial charge in [-0.05, 0) is 42.7 Å². The first-order chi connectivity index (χ1) is 19.0. The molecule has 0 aliphatic heterocycles. The van der Waals surface area contributed by atoms with Crippen LogP contribution < -0.4 is 10.1 Å². The quantitative estimate of drug-likeness (QED) is 0.263. The van der Waals surface area contributed by atoms with Crippen LogP contribution in [-0.4, -0.2) is 67.2 Å². The summed E-state index contributed by atoms with van der Waals surface area (Å²) in [5.74, 6) is 0.563. The molecule has 0 atom stereocenters. The van der Waals surface area contributed by atoms with Gasteiger partial charge in [-0.3, -0.25) is 4.79 Å². The molecule has 0 aliphatic carbocycles. The molecule has 0 fully saturated rings. The minimum absolute atomic E-state index is 0.0793. The molecular formula is C31H36N4O4. The van der Waals surface area contributed by atoms with Gasteiger partial charge in [0.1, 0.15) is 12.3 Å². The average Bonchev–Trinajstić information content (AvgIpc) is 3.37. The molecule has 1 heterocycles. The molecule has 0 bridgehead atoms. The third-order valence-corrected chi connectivity index (χ3v) is 6.80. The molecule has 204 valence electrons. The summed E-state index contributed by atoms with van der Waals surface area (Å²) in [4.78, 5) is 33.6. The van der Waals surface area contributed by atoms with Crippen molar-refractivity contribution in [3.63, 3.8) is 0 Å². The van der Waals surface area contributed by atoms with E-state index in [0.717, 1.165) is 33.3 Å². The highest BCUT2D eigenvalue weighted by atomic mass is 16.5. The van der Waals surface area contributed by atoms with E-state index in [4.69, 9.17) is 9.47 Å². The summed E-state index contributed by atoms with van der Waals surface area (Å²) < 4.78 is 10.8. The number of methoxy groups -OCH3 is 2. The Morgan fingerprint density at radius 2 is 1.62 bits per heavy atom. The van der Waals surface area contributed by atoms with Crippen molar-refractivity contribution in [3.8, 4) is 5.75 Å². The van der Waals surface area contributed by atoms with Crippen LogP contribution in [0.1, 0.15) is 16.7 Å². The van der Waals surface area contributed by atoms with Crippen LogP contribution in [0, 0.1) is 6.92 Å². The Labute approximate surface area is 229 Å². The number of aromatic nitrogens is 1. The van der Waals surface area contributed by atoms with E-state index in [1.165, 1.54) is 4.90 Å². The molecule has 3 amide bonds. The van der Waals surface area contributed by atoms with Crippen molar-refractivity contribution >= 4 is 28.5 Å². The molecule has 8 nitrogen and oxygen atoms in total. The zero-order valence-electron chi connectivity index (χ0n) is 22.8. The molecule has 4 aromatic rings. The maximum absolute atomic E-state index is 13.8. The Morgan fingerprint density at radius 3 is 2.41 bits per heavy atom. The maximum atomic E-state index is 13.8. The van der Waals surface area contributed by atoms with Gasteiger partial charge >= 0.3 is 6.03 Å². The summed E-state index contributed by atoms with van der Waals surface area (Å²) in [6, 6.07) is 23.0. The van der Waals surface area contributed by atoms with Crippen LogP contribution >= 0.6 is 0 Å². The number of hydrogen-bond donors (Lipinski definition) is 2. The molecule has 0 saturated heterocycles. The Kier molecular flexibility index (Phi) is 9.58.